The van der Waals surface area contributed by atoms with E-state index in [9.17, 15) is 13.2 Å². The number of fused-ring (bicyclic) bond motifs is 2. The molecule has 2 atom stereocenters. The van der Waals surface area contributed by atoms with Crippen molar-refractivity contribution < 1.29 is 17.9 Å². The van der Waals surface area contributed by atoms with Gasteiger partial charge in [-0.05, 0) is 71.9 Å². The average molecular weight is 485 g/mol. The van der Waals surface area contributed by atoms with Crippen LogP contribution in [0.1, 0.15) is 75.3 Å². The molecule has 6 nitrogen and oxygen atoms in total. The van der Waals surface area contributed by atoms with Crippen LogP contribution in [0.5, 0.6) is 5.75 Å². The van der Waals surface area contributed by atoms with Crippen LogP contribution in [0.3, 0.4) is 0 Å². The highest BCUT2D eigenvalue weighted by Crippen LogP contribution is 2.38. The minimum Gasteiger partial charge on any atom is -0.476 e. The predicted molar refractivity (Wildman–Crippen MR) is 136 cm³/mol. The second-order valence-electron chi connectivity index (χ2n) is 10.5. The van der Waals surface area contributed by atoms with Crippen LogP contribution in [0, 0.1) is 0 Å². The Morgan fingerprint density at radius 2 is 1.82 bits per heavy atom. The third-order valence-electron chi connectivity index (χ3n) is 6.89. The Hall–Kier alpha value is -2.54. The van der Waals surface area contributed by atoms with E-state index in [4.69, 9.17) is 4.74 Å². The van der Waals surface area contributed by atoms with Gasteiger partial charge in [-0.3, -0.25) is 9.10 Å². The van der Waals surface area contributed by atoms with Gasteiger partial charge in [0.2, 0.25) is 10.0 Å². The van der Waals surface area contributed by atoms with E-state index >= 15 is 0 Å². The molecule has 1 aliphatic heterocycles. The van der Waals surface area contributed by atoms with Crippen LogP contribution in [-0.4, -0.2) is 33.2 Å². The van der Waals surface area contributed by atoms with Crippen molar-refractivity contribution in [3.63, 3.8) is 0 Å². The largest absolute Gasteiger partial charge is 0.476 e. The topological polar surface area (TPSA) is 75.7 Å². The van der Waals surface area contributed by atoms with Gasteiger partial charge in [0.05, 0.1) is 24.5 Å². The molecule has 2 aromatic rings. The van der Waals surface area contributed by atoms with Crippen molar-refractivity contribution in [2.45, 2.75) is 77.4 Å². The summed E-state index contributed by atoms with van der Waals surface area (Å²) in [4.78, 5) is 13.3. The van der Waals surface area contributed by atoms with Gasteiger partial charge in [0, 0.05) is 0 Å². The monoisotopic (exact) mass is 484 g/mol. The molecule has 0 saturated heterocycles. The second-order valence-corrected chi connectivity index (χ2v) is 12.4. The summed E-state index contributed by atoms with van der Waals surface area (Å²) in [6.45, 7) is 8.21. The van der Waals surface area contributed by atoms with Gasteiger partial charge in [-0.25, -0.2) is 8.42 Å². The van der Waals surface area contributed by atoms with Crippen LogP contribution >= 0.6 is 0 Å². The predicted octanol–water partition coefficient (Wildman–Crippen LogP) is 4.66. The van der Waals surface area contributed by atoms with E-state index < -0.39 is 16.1 Å². The molecular weight excluding hydrogens is 448 g/mol. The number of carbonyl (C=O) groups excluding carboxylic acids is 1. The minimum absolute atomic E-state index is 0.0497. The first-order chi connectivity index (χ1) is 16.0. The van der Waals surface area contributed by atoms with Crippen LogP contribution in [0.4, 0.5) is 5.69 Å². The molecule has 0 fully saturated rings. The molecule has 0 aromatic heterocycles. The molecule has 0 unspecified atom stereocenters. The van der Waals surface area contributed by atoms with E-state index in [1.807, 2.05) is 19.1 Å². The molecule has 2 aromatic carbocycles. The van der Waals surface area contributed by atoms with Crippen molar-refractivity contribution in [2.75, 3.05) is 17.1 Å². The van der Waals surface area contributed by atoms with Gasteiger partial charge in [0.25, 0.3) is 5.91 Å². The number of aryl methyl sites for hydroxylation is 2. The number of hydrogen-bond acceptors (Lipinski definition) is 4. The highest BCUT2D eigenvalue weighted by molar-refractivity contribution is 7.92. The van der Waals surface area contributed by atoms with Crippen LogP contribution in [0.15, 0.2) is 36.4 Å². The zero-order valence-electron chi connectivity index (χ0n) is 20.8. The molecule has 7 heteroatoms. The van der Waals surface area contributed by atoms with Crippen molar-refractivity contribution in [3.05, 3.63) is 58.7 Å². The highest BCUT2D eigenvalue weighted by atomic mass is 32.2. The van der Waals surface area contributed by atoms with Crippen molar-refractivity contribution in [1.29, 1.82) is 0 Å². The quantitative estimate of drug-likeness (QED) is 0.670. The van der Waals surface area contributed by atoms with Crippen LogP contribution in [0.2, 0.25) is 0 Å². The summed E-state index contributed by atoms with van der Waals surface area (Å²) in [5.41, 5.74) is 5.21. The number of sulfonamides is 1. The number of amides is 1. The molecule has 0 spiro atoms. The molecule has 184 valence electrons. The number of hydrogen-bond donors (Lipinski definition) is 1. The summed E-state index contributed by atoms with van der Waals surface area (Å²) in [6.07, 6.45) is 5.61. The van der Waals surface area contributed by atoms with Gasteiger partial charge < -0.3 is 10.1 Å². The number of rotatable bonds is 5. The minimum atomic E-state index is -3.59. The highest BCUT2D eigenvalue weighted by Gasteiger charge is 2.36. The number of anilines is 1. The van der Waals surface area contributed by atoms with Gasteiger partial charge in [-0.1, -0.05) is 52.0 Å². The first kappa shape index (κ1) is 24.6. The van der Waals surface area contributed by atoms with Crippen LogP contribution in [-0.2, 0) is 33.1 Å². The average Bonchev–Trinajstić information content (AvgIpc) is 2.79. The third kappa shape index (κ3) is 5.09. The maximum atomic E-state index is 13.3. The van der Waals surface area contributed by atoms with Crippen molar-refractivity contribution in [3.8, 4) is 5.75 Å². The molecule has 34 heavy (non-hydrogen) atoms. The van der Waals surface area contributed by atoms with Crippen molar-refractivity contribution in [1.82, 2.24) is 5.32 Å². The molecule has 1 amide bonds. The van der Waals surface area contributed by atoms with Gasteiger partial charge in [0.1, 0.15) is 5.75 Å². The van der Waals surface area contributed by atoms with Crippen LogP contribution < -0.4 is 14.4 Å². The number of nitrogens with zero attached hydrogens (tertiary/aromatic N) is 1. The Morgan fingerprint density at radius 3 is 2.47 bits per heavy atom. The normalized spacial score (nSPS) is 19.0. The summed E-state index contributed by atoms with van der Waals surface area (Å²) >= 11 is 0. The summed E-state index contributed by atoms with van der Waals surface area (Å²) in [6, 6.07) is 11.9. The molecule has 0 radical (unpaired) electrons. The van der Waals surface area contributed by atoms with Gasteiger partial charge in [-0.2, -0.15) is 0 Å². The summed E-state index contributed by atoms with van der Waals surface area (Å²) in [5, 5.41) is 3.11. The number of carbonyl (C=O) groups is 1. The number of benzene rings is 2. The summed E-state index contributed by atoms with van der Waals surface area (Å²) in [5.74, 6) is 0.107. The van der Waals surface area contributed by atoms with E-state index in [2.05, 4.69) is 44.3 Å². The third-order valence-corrected chi connectivity index (χ3v) is 8.03. The molecule has 1 N–H and O–H groups in total. The number of nitrogens with one attached hydrogen (secondary N) is 1. The van der Waals surface area contributed by atoms with E-state index in [1.165, 1.54) is 34.5 Å². The van der Waals surface area contributed by atoms with E-state index in [1.54, 1.807) is 6.07 Å². The molecule has 2 aliphatic rings. The van der Waals surface area contributed by atoms with E-state index in [0.29, 0.717) is 11.4 Å². The summed E-state index contributed by atoms with van der Waals surface area (Å²) < 4.78 is 32.6. The first-order valence-electron chi connectivity index (χ1n) is 12.2. The standard InChI is InChI=1S/C27H36N2O4S/c1-6-22(20-12-11-18-9-7-8-10-19(18)15-20)28-26(30)25-17-29(34(5,31)32)23-16-21(27(2,3)4)13-14-24(23)33-25/h11-16,22,25H,6-10,17H2,1-5H3,(H,28,30)/t22-,25-/m0/s1. The smallest absolute Gasteiger partial charge is 0.263 e. The van der Waals surface area contributed by atoms with E-state index in [0.717, 1.165) is 30.4 Å². The Kier molecular flexibility index (Phi) is 6.69. The Morgan fingerprint density at radius 1 is 1.12 bits per heavy atom. The maximum Gasteiger partial charge on any atom is 0.263 e. The molecule has 0 saturated carbocycles. The zero-order chi connectivity index (χ0) is 24.7. The molecule has 4 rings (SSSR count). The molecule has 0 bridgehead atoms. The molecular formula is C27H36N2O4S. The Bertz CT molecular complexity index is 1180. The van der Waals surface area contributed by atoms with E-state index in [-0.39, 0.29) is 23.9 Å². The fourth-order valence-corrected chi connectivity index (χ4v) is 5.73. The van der Waals surface area contributed by atoms with Gasteiger partial charge >= 0.3 is 0 Å². The van der Waals surface area contributed by atoms with Crippen molar-refractivity contribution >= 4 is 21.6 Å². The fraction of sp³-hybridized carbons (Fsp3) is 0.519. The fourth-order valence-electron chi connectivity index (χ4n) is 4.82. The maximum absolute atomic E-state index is 13.3. The Labute approximate surface area is 203 Å². The zero-order valence-corrected chi connectivity index (χ0v) is 21.7. The lowest BCUT2D eigenvalue weighted by Gasteiger charge is -2.35. The lowest BCUT2D eigenvalue weighted by atomic mass is 9.86. The number of ether oxygens (including phenoxy) is 1. The van der Waals surface area contributed by atoms with Gasteiger partial charge in [0.15, 0.2) is 6.10 Å². The summed E-state index contributed by atoms with van der Waals surface area (Å²) in [7, 11) is -3.59. The molecule has 1 aliphatic carbocycles. The Balaban J connectivity index is 1.58. The van der Waals surface area contributed by atoms with Crippen LogP contribution in [0.25, 0.3) is 0 Å². The first-order valence-corrected chi connectivity index (χ1v) is 14.0. The lowest BCUT2D eigenvalue weighted by molar-refractivity contribution is -0.128. The molecule has 1 heterocycles. The van der Waals surface area contributed by atoms with Crippen molar-refractivity contribution in [2.24, 2.45) is 0 Å². The SMILES string of the molecule is CC[C@H](NC(=O)[C@@H]1CN(S(C)(=O)=O)c2cc(C(C)(C)C)ccc2O1)c1ccc2c(c1)CCCC2. The second kappa shape index (κ2) is 9.25. The van der Waals surface area contributed by atoms with Gasteiger partial charge in [-0.15, -0.1) is 0 Å². The lowest BCUT2D eigenvalue weighted by Crippen LogP contribution is -2.51.